The van der Waals surface area contributed by atoms with Crippen molar-refractivity contribution in [3.63, 3.8) is 0 Å². The number of halogens is 3. The van der Waals surface area contributed by atoms with E-state index in [2.05, 4.69) is 4.98 Å². The lowest BCUT2D eigenvalue weighted by atomic mass is 10.0. The average Bonchev–Trinajstić information content (AvgIpc) is 3.02. The summed E-state index contributed by atoms with van der Waals surface area (Å²) in [5, 5.41) is 9.59. The molecule has 1 aromatic heterocycles. The van der Waals surface area contributed by atoms with Gasteiger partial charge in [0.15, 0.2) is 0 Å². The van der Waals surface area contributed by atoms with Gasteiger partial charge in [-0.1, -0.05) is 24.3 Å². The molecule has 134 valence electrons. The highest BCUT2D eigenvalue weighted by Crippen LogP contribution is 2.33. The van der Waals surface area contributed by atoms with Crippen LogP contribution in [0.2, 0.25) is 0 Å². The van der Waals surface area contributed by atoms with Gasteiger partial charge >= 0.3 is 12.1 Å². The van der Waals surface area contributed by atoms with Crippen LogP contribution in [0.15, 0.2) is 48.5 Å². The van der Waals surface area contributed by atoms with Crippen LogP contribution in [0.5, 0.6) is 0 Å². The second-order valence-electron chi connectivity index (χ2n) is 5.67. The highest BCUT2D eigenvalue weighted by atomic mass is 32.1. The first-order valence-corrected chi connectivity index (χ1v) is 8.60. The topological polar surface area (TPSA) is 50.2 Å². The molecule has 0 saturated carbocycles. The van der Waals surface area contributed by atoms with Crippen LogP contribution in [0.4, 0.5) is 13.2 Å². The van der Waals surface area contributed by atoms with E-state index < -0.39 is 17.7 Å². The number of thiazole rings is 1. The van der Waals surface area contributed by atoms with Crippen molar-refractivity contribution in [2.75, 3.05) is 0 Å². The summed E-state index contributed by atoms with van der Waals surface area (Å²) < 4.78 is 39.7. The normalized spacial score (nSPS) is 12.5. The molecule has 0 amide bonds. The van der Waals surface area contributed by atoms with E-state index in [0.717, 1.165) is 22.3 Å². The van der Waals surface area contributed by atoms with Crippen LogP contribution in [-0.2, 0) is 11.0 Å². The van der Waals surface area contributed by atoms with Gasteiger partial charge in [-0.2, -0.15) is 13.2 Å². The molecule has 7 heteroatoms. The molecule has 0 spiro atoms. The average molecular weight is 377 g/mol. The van der Waals surface area contributed by atoms with Gasteiger partial charge < -0.3 is 5.11 Å². The van der Waals surface area contributed by atoms with Gasteiger partial charge in [0.2, 0.25) is 0 Å². The molecule has 3 rings (SSSR count). The Morgan fingerprint density at radius 1 is 1.12 bits per heavy atom. The van der Waals surface area contributed by atoms with E-state index in [1.807, 2.05) is 24.3 Å². The Balaban J connectivity index is 2.03. The fourth-order valence-corrected chi connectivity index (χ4v) is 3.51. The number of benzene rings is 2. The van der Waals surface area contributed by atoms with E-state index in [1.165, 1.54) is 17.4 Å². The summed E-state index contributed by atoms with van der Waals surface area (Å²) in [6, 6.07) is 12.4. The maximum absolute atomic E-state index is 12.9. The standard InChI is InChI=1S/C19H14F3NO2S/c20-19(21,22)14-5-3-4-12(11-14)10-13(8-9-17(24)25)18-23-15-6-1-2-7-16(15)26-18/h1-7,10-11H,8-9H2,(H,24,25)/b13-10+. The number of carbonyl (C=O) groups is 1. The number of hydrogen-bond acceptors (Lipinski definition) is 3. The van der Waals surface area contributed by atoms with Crippen LogP contribution < -0.4 is 0 Å². The second kappa shape index (κ2) is 7.29. The molecule has 26 heavy (non-hydrogen) atoms. The zero-order chi connectivity index (χ0) is 18.7. The summed E-state index contributed by atoms with van der Waals surface area (Å²) in [5.41, 5.74) is 0.998. The minimum absolute atomic E-state index is 0.124. The van der Waals surface area contributed by atoms with Gasteiger partial charge in [-0.15, -0.1) is 11.3 Å². The van der Waals surface area contributed by atoms with Crippen LogP contribution >= 0.6 is 11.3 Å². The van der Waals surface area contributed by atoms with Crippen molar-refractivity contribution >= 4 is 39.2 Å². The van der Waals surface area contributed by atoms with E-state index >= 15 is 0 Å². The summed E-state index contributed by atoms with van der Waals surface area (Å²) in [7, 11) is 0. The molecular weight excluding hydrogens is 363 g/mol. The zero-order valence-electron chi connectivity index (χ0n) is 13.5. The number of alkyl halides is 3. The van der Waals surface area contributed by atoms with Crippen LogP contribution in [0.25, 0.3) is 21.9 Å². The molecule has 0 saturated heterocycles. The first-order chi connectivity index (χ1) is 12.3. The maximum Gasteiger partial charge on any atom is 0.416 e. The summed E-state index contributed by atoms with van der Waals surface area (Å²) in [6.45, 7) is 0. The number of carboxylic acids is 1. The molecule has 3 aromatic rings. The Bertz CT molecular complexity index is 943. The molecule has 0 aliphatic rings. The van der Waals surface area contributed by atoms with Crippen LogP contribution in [0, 0.1) is 0 Å². The second-order valence-corrected chi connectivity index (χ2v) is 6.70. The van der Waals surface area contributed by atoms with Crippen LogP contribution in [0.1, 0.15) is 29.0 Å². The molecule has 0 radical (unpaired) electrons. The molecule has 1 N–H and O–H groups in total. The van der Waals surface area contributed by atoms with E-state index in [4.69, 9.17) is 5.11 Å². The highest BCUT2D eigenvalue weighted by molar-refractivity contribution is 7.19. The monoisotopic (exact) mass is 377 g/mol. The molecule has 0 aliphatic carbocycles. The molecule has 1 heterocycles. The van der Waals surface area contributed by atoms with Crippen molar-refractivity contribution in [1.82, 2.24) is 4.98 Å². The minimum atomic E-state index is -4.43. The van der Waals surface area contributed by atoms with Gasteiger partial charge in [-0.05, 0) is 47.9 Å². The molecule has 2 aromatic carbocycles. The van der Waals surface area contributed by atoms with Crippen molar-refractivity contribution in [3.8, 4) is 0 Å². The number of fused-ring (bicyclic) bond motifs is 1. The number of nitrogens with zero attached hydrogens (tertiary/aromatic N) is 1. The number of carboxylic acid groups (broad SMARTS) is 1. The third-order valence-electron chi connectivity index (χ3n) is 3.73. The number of para-hydroxylation sites is 1. The van der Waals surface area contributed by atoms with Crippen molar-refractivity contribution in [2.24, 2.45) is 0 Å². The zero-order valence-corrected chi connectivity index (χ0v) is 14.3. The van der Waals surface area contributed by atoms with Crippen molar-refractivity contribution in [1.29, 1.82) is 0 Å². The summed E-state index contributed by atoms with van der Waals surface area (Å²) in [6.07, 6.45) is -2.79. The SMILES string of the molecule is O=C(O)CC/C(=C\c1cccc(C(F)(F)F)c1)c1nc2ccccc2s1. The molecule has 0 atom stereocenters. The Kier molecular flexibility index (Phi) is 5.08. The lowest BCUT2D eigenvalue weighted by molar-refractivity contribution is -0.138. The lowest BCUT2D eigenvalue weighted by Gasteiger charge is -2.08. The van der Waals surface area contributed by atoms with Crippen LogP contribution in [-0.4, -0.2) is 16.1 Å². The lowest BCUT2D eigenvalue weighted by Crippen LogP contribution is -2.04. The first kappa shape index (κ1) is 18.1. The number of rotatable bonds is 5. The number of aliphatic carboxylic acids is 1. The predicted octanol–water partition coefficient (Wildman–Crippen LogP) is 5.72. The van der Waals surface area contributed by atoms with Gasteiger partial charge in [-0.25, -0.2) is 4.98 Å². The quantitative estimate of drug-likeness (QED) is 0.619. The summed E-state index contributed by atoms with van der Waals surface area (Å²) >= 11 is 1.39. The van der Waals surface area contributed by atoms with Crippen molar-refractivity contribution < 1.29 is 23.1 Å². The largest absolute Gasteiger partial charge is 0.481 e. The molecular formula is C19H14F3NO2S. The highest BCUT2D eigenvalue weighted by Gasteiger charge is 2.30. The summed E-state index contributed by atoms with van der Waals surface area (Å²) in [5.74, 6) is -0.971. The number of allylic oxidation sites excluding steroid dienone is 1. The molecule has 0 aliphatic heterocycles. The maximum atomic E-state index is 12.9. The molecule has 0 bridgehead atoms. The van der Waals surface area contributed by atoms with E-state index in [-0.39, 0.29) is 12.8 Å². The van der Waals surface area contributed by atoms with Crippen molar-refractivity contribution in [2.45, 2.75) is 19.0 Å². The van der Waals surface area contributed by atoms with Gasteiger partial charge in [-0.3, -0.25) is 4.79 Å². The Morgan fingerprint density at radius 2 is 1.88 bits per heavy atom. The van der Waals surface area contributed by atoms with E-state index in [1.54, 1.807) is 12.1 Å². The van der Waals surface area contributed by atoms with Gasteiger partial charge in [0, 0.05) is 6.42 Å². The van der Waals surface area contributed by atoms with Crippen molar-refractivity contribution in [3.05, 3.63) is 64.7 Å². The van der Waals surface area contributed by atoms with E-state index in [0.29, 0.717) is 16.1 Å². The number of hydrogen-bond donors (Lipinski definition) is 1. The Morgan fingerprint density at radius 3 is 2.58 bits per heavy atom. The van der Waals surface area contributed by atoms with Gasteiger partial charge in [0.05, 0.1) is 15.8 Å². The fraction of sp³-hybridized carbons (Fsp3) is 0.158. The smallest absolute Gasteiger partial charge is 0.416 e. The molecule has 3 nitrogen and oxygen atoms in total. The Hall–Kier alpha value is -2.67. The van der Waals surface area contributed by atoms with Gasteiger partial charge in [0.1, 0.15) is 5.01 Å². The fourth-order valence-electron chi connectivity index (χ4n) is 2.50. The Labute approximate surface area is 151 Å². The van der Waals surface area contributed by atoms with Gasteiger partial charge in [0.25, 0.3) is 0 Å². The molecule has 0 fully saturated rings. The third-order valence-corrected chi connectivity index (χ3v) is 4.84. The van der Waals surface area contributed by atoms with Crippen LogP contribution in [0.3, 0.4) is 0 Å². The summed E-state index contributed by atoms with van der Waals surface area (Å²) in [4.78, 5) is 15.4. The molecule has 0 unspecified atom stereocenters. The minimum Gasteiger partial charge on any atom is -0.481 e. The van der Waals surface area contributed by atoms with E-state index in [9.17, 15) is 18.0 Å². The first-order valence-electron chi connectivity index (χ1n) is 7.78. The third kappa shape index (κ3) is 4.29. The predicted molar refractivity (Wildman–Crippen MR) is 95.8 cm³/mol. The number of aromatic nitrogens is 1.